The van der Waals surface area contributed by atoms with Crippen LogP contribution in [0.25, 0.3) is 0 Å². The number of carboxylic acid groups (broad SMARTS) is 1. The summed E-state index contributed by atoms with van der Waals surface area (Å²) in [6.45, 7) is 0. The van der Waals surface area contributed by atoms with Crippen molar-refractivity contribution < 1.29 is 64.6 Å². The second-order valence-electron chi connectivity index (χ2n) is 2.74. The Balaban J connectivity index is 0.00000169. The number of hydrogen-bond donors (Lipinski definition) is 4. The molecule has 0 saturated carbocycles. The topological polar surface area (TPSA) is 130 Å². The van der Waals surface area contributed by atoms with Gasteiger partial charge in [-0.2, -0.15) is 0 Å². The first-order valence-electron chi connectivity index (χ1n) is 3.53. The molecule has 8 heteroatoms. The Hall–Kier alpha value is 0.270. The molecule has 5 atom stereocenters. The Bertz CT molecular complexity index is 210. The van der Waals surface area contributed by atoms with E-state index in [1.165, 1.54) is 0 Å². The number of carbonyl (C=O) groups excluding carboxylic acids is 1. The molecule has 0 aromatic rings. The van der Waals surface area contributed by atoms with Crippen LogP contribution >= 0.6 is 0 Å². The molecule has 7 nitrogen and oxygen atoms in total. The molecule has 14 heavy (non-hydrogen) atoms. The Kier molecular flexibility index (Phi) is 5.48. The van der Waals surface area contributed by atoms with Crippen molar-refractivity contribution >= 4 is 5.97 Å². The average molecular weight is 216 g/mol. The van der Waals surface area contributed by atoms with Gasteiger partial charge in [-0.1, -0.05) is 0 Å². The second kappa shape index (κ2) is 5.38. The van der Waals surface area contributed by atoms with Crippen molar-refractivity contribution in [3.63, 3.8) is 0 Å². The molecule has 1 saturated heterocycles. The monoisotopic (exact) mass is 216 g/mol. The van der Waals surface area contributed by atoms with Gasteiger partial charge in [0.2, 0.25) is 0 Å². The summed E-state index contributed by atoms with van der Waals surface area (Å²) in [4.78, 5) is 10.3. The van der Waals surface area contributed by atoms with Gasteiger partial charge < -0.3 is 35.1 Å². The summed E-state index contributed by atoms with van der Waals surface area (Å²) in [6.07, 6.45) is -9.00. The van der Waals surface area contributed by atoms with Gasteiger partial charge in [0.1, 0.15) is 24.4 Å². The summed E-state index contributed by atoms with van der Waals surface area (Å²) in [5, 5.41) is 46.1. The number of aliphatic hydroxyl groups is 4. The molecule has 0 radical (unpaired) electrons. The molecule has 1 aliphatic heterocycles. The quantitative estimate of drug-likeness (QED) is 0.320. The van der Waals surface area contributed by atoms with Gasteiger partial charge in [-0.15, -0.1) is 0 Å². The molecule has 1 aliphatic rings. The molecule has 1 heterocycles. The Morgan fingerprint density at radius 2 is 1.57 bits per heavy atom. The summed E-state index contributed by atoms with van der Waals surface area (Å²) in [6, 6.07) is 0. The van der Waals surface area contributed by atoms with E-state index in [9.17, 15) is 9.90 Å². The number of rotatable bonds is 1. The number of carbonyl (C=O) groups is 1. The van der Waals surface area contributed by atoms with Gasteiger partial charge in [-0.05, 0) is 0 Å². The fraction of sp³-hybridized carbons (Fsp3) is 0.833. The van der Waals surface area contributed by atoms with Crippen LogP contribution in [0.1, 0.15) is 0 Å². The summed E-state index contributed by atoms with van der Waals surface area (Å²) in [7, 11) is 0. The standard InChI is InChI=1S/C6H10O7.Na/c7-1-2(8)4(5(10)11)13-6(12)3(1)9;/h1-4,6-9,12H,(H,10,11);/q;+1/p-1/t1-,2-,3-,4-,6+;/m1./s1. The Morgan fingerprint density at radius 1 is 1.07 bits per heavy atom. The van der Waals surface area contributed by atoms with Crippen molar-refractivity contribution in [1.82, 2.24) is 0 Å². The van der Waals surface area contributed by atoms with Crippen molar-refractivity contribution in [3.8, 4) is 0 Å². The summed E-state index contributed by atoms with van der Waals surface area (Å²) < 4.78 is 4.28. The van der Waals surface area contributed by atoms with Crippen molar-refractivity contribution in [2.24, 2.45) is 0 Å². The van der Waals surface area contributed by atoms with Crippen LogP contribution in [-0.2, 0) is 9.53 Å². The number of carboxylic acids is 1. The maximum atomic E-state index is 10.3. The zero-order valence-electron chi connectivity index (χ0n) is 7.40. The van der Waals surface area contributed by atoms with Crippen molar-refractivity contribution in [3.05, 3.63) is 0 Å². The number of aliphatic carboxylic acids is 1. The summed E-state index contributed by atoms with van der Waals surface area (Å²) in [5.74, 6) is -1.77. The molecule has 0 aliphatic carbocycles. The maximum Gasteiger partial charge on any atom is 1.00 e. The van der Waals surface area contributed by atoms with E-state index in [4.69, 9.17) is 20.4 Å². The van der Waals surface area contributed by atoms with Gasteiger partial charge in [-0.3, -0.25) is 0 Å². The minimum atomic E-state index is -1.85. The first-order chi connectivity index (χ1) is 5.95. The molecule has 4 N–H and O–H groups in total. The third-order valence-electron chi connectivity index (χ3n) is 1.82. The molecule has 1 rings (SSSR count). The number of ether oxygens (including phenoxy) is 1. The normalized spacial score (nSPS) is 42.7. The molecule has 0 spiro atoms. The van der Waals surface area contributed by atoms with E-state index in [1.807, 2.05) is 0 Å². The van der Waals surface area contributed by atoms with Crippen molar-refractivity contribution in [2.75, 3.05) is 0 Å². The van der Waals surface area contributed by atoms with Crippen molar-refractivity contribution in [1.29, 1.82) is 0 Å². The van der Waals surface area contributed by atoms with Crippen LogP contribution in [0.4, 0.5) is 0 Å². The molecule has 0 unspecified atom stereocenters. The minimum absolute atomic E-state index is 0. The molecule has 0 aromatic heterocycles. The van der Waals surface area contributed by atoms with Crippen LogP contribution in [0.5, 0.6) is 0 Å². The van der Waals surface area contributed by atoms with Crippen LogP contribution in [0.3, 0.4) is 0 Å². The van der Waals surface area contributed by atoms with Gasteiger partial charge >= 0.3 is 29.6 Å². The zero-order chi connectivity index (χ0) is 10.2. The SMILES string of the molecule is O=C([O-])[C@@H]1O[C@H](O)[C@H](O)[C@H](O)[C@H]1O.[Na+]. The van der Waals surface area contributed by atoms with Gasteiger partial charge in [0, 0.05) is 0 Å². The zero-order valence-corrected chi connectivity index (χ0v) is 9.40. The third kappa shape index (κ3) is 2.65. The molecular formula is C6H9NaO7. The van der Waals surface area contributed by atoms with E-state index in [2.05, 4.69) is 4.74 Å². The summed E-state index contributed by atoms with van der Waals surface area (Å²) in [5.41, 5.74) is 0. The smallest absolute Gasteiger partial charge is 0.547 e. The molecular weight excluding hydrogens is 207 g/mol. The van der Waals surface area contributed by atoms with Gasteiger partial charge in [0.05, 0.1) is 5.97 Å². The van der Waals surface area contributed by atoms with Gasteiger partial charge in [0.25, 0.3) is 0 Å². The third-order valence-corrected chi connectivity index (χ3v) is 1.82. The van der Waals surface area contributed by atoms with Crippen LogP contribution in [0.2, 0.25) is 0 Å². The predicted octanol–water partition coefficient (Wildman–Crippen LogP) is -7.46. The molecule has 0 bridgehead atoms. The first kappa shape index (κ1) is 14.3. The first-order valence-corrected chi connectivity index (χ1v) is 3.53. The van der Waals surface area contributed by atoms with Crippen LogP contribution in [0, 0.1) is 0 Å². The van der Waals surface area contributed by atoms with Crippen LogP contribution in [-0.4, -0.2) is 57.1 Å². The predicted molar refractivity (Wildman–Crippen MR) is 33.9 cm³/mol. The number of aliphatic hydroxyl groups excluding tert-OH is 4. The van der Waals surface area contributed by atoms with Crippen LogP contribution in [0.15, 0.2) is 0 Å². The van der Waals surface area contributed by atoms with Crippen LogP contribution < -0.4 is 34.7 Å². The van der Waals surface area contributed by atoms with E-state index in [1.54, 1.807) is 0 Å². The van der Waals surface area contributed by atoms with E-state index >= 15 is 0 Å². The van der Waals surface area contributed by atoms with Gasteiger partial charge in [0.15, 0.2) is 6.29 Å². The molecule has 1 fully saturated rings. The molecule has 0 amide bonds. The number of hydrogen-bond acceptors (Lipinski definition) is 7. The van der Waals surface area contributed by atoms with E-state index in [0.717, 1.165) is 0 Å². The molecule has 0 aromatic carbocycles. The molecule has 76 valence electrons. The Labute approximate surface area is 101 Å². The fourth-order valence-corrected chi connectivity index (χ4v) is 1.06. The van der Waals surface area contributed by atoms with E-state index in [0.29, 0.717) is 0 Å². The summed E-state index contributed by atoms with van der Waals surface area (Å²) >= 11 is 0. The van der Waals surface area contributed by atoms with Gasteiger partial charge in [-0.25, -0.2) is 0 Å². The van der Waals surface area contributed by atoms with Crippen molar-refractivity contribution in [2.45, 2.75) is 30.7 Å². The Morgan fingerprint density at radius 3 is 2.00 bits per heavy atom. The average Bonchev–Trinajstić information content (AvgIpc) is 2.07. The maximum absolute atomic E-state index is 10.3. The minimum Gasteiger partial charge on any atom is -0.547 e. The van der Waals surface area contributed by atoms with E-state index in [-0.39, 0.29) is 29.6 Å². The largest absolute Gasteiger partial charge is 1.00 e. The fourth-order valence-electron chi connectivity index (χ4n) is 1.06. The second-order valence-corrected chi connectivity index (χ2v) is 2.74. The van der Waals surface area contributed by atoms with E-state index < -0.39 is 36.7 Å².